The quantitative estimate of drug-likeness (QED) is 0.646. The molecule has 22 heavy (non-hydrogen) atoms. The van der Waals surface area contributed by atoms with E-state index in [1.54, 1.807) is 55.5 Å². The van der Waals surface area contributed by atoms with E-state index >= 15 is 0 Å². The van der Waals surface area contributed by atoms with Crippen LogP contribution in [0.4, 0.5) is 0 Å². The average Bonchev–Trinajstić information content (AvgIpc) is 2.79. The molecular formula is C16H14BNO4. The summed E-state index contributed by atoms with van der Waals surface area (Å²) in [5.41, 5.74) is 1.95. The minimum atomic E-state index is -1.54. The number of amides is 2. The van der Waals surface area contributed by atoms with Gasteiger partial charge in [0.2, 0.25) is 0 Å². The molecule has 2 amide bonds. The number of hydrogen-bond acceptors (Lipinski definition) is 4. The van der Waals surface area contributed by atoms with Crippen LogP contribution < -0.4 is 5.46 Å². The van der Waals surface area contributed by atoms with Gasteiger partial charge in [0.05, 0.1) is 17.2 Å². The van der Waals surface area contributed by atoms with Crippen molar-refractivity contribution in [3.63, 3.8) is 0 Å². The van der Waals surface area contributed by atoms with Gasteiger partial charge in [0.15, 0.2) is 0 Å². The molecule has 0 aromatic heterocycles. The third-order valence-electron chi connectivity index (χ3n) is 3.93. The fourth-order valence-corrected chi connectivity index (χ4v) is 2.66. The van der Waals surface area contributed by atoms with Crippen molar-refractivity contribution in [2.75, 3.05) is 0 Å². The van der Waals surface area contributed by atoms with Crippen LogP contribution in [0.1, 0.15) is 39.2 Å². The Bertz CT molecular complexity index is 707. The molecule has 0 spiro atoms. The number of hydrogen-bond donors (Lipinski definition) is 2. The van der Waals surface area contributed by atoms with Crippen molar-refractivity contribution in [3.05, 3.63) is 65.2 Å². The SMILES string of the molecule is C[C@H](c1ccc(B(O)O)cc1)N1C(=O)c2ccccc2C1=O. The maximum absolute atomic E-state index is 12.4. The molecule has 1 aliphatic rings. The fourth-order valence-electron chi connectivity index (χ4n) is 2.66. The van der Waals surface area contributed by atoms with Crippen LogP contribution in [0.2, 0.25) is 0 Å². The molecule has 0 fully saturated rings. The van der Waals surface area contributed by atoms with Crippen molar-refractivity contribution in [1.82, 2.24) is 4.90 Å². The Balaban J connectivity index is 1.92. The molecule has 110 valence electrons. The highest BCUT2D eigenvalue weighted by Gasteiger charge is 2.38. The van der Waals surface area contributed by atoms with Crippen LogP contribution in [0.5, 0.6) is 0 Å². The standard InChI is InChI=1S/C16H14BNO4/c1-10(11-6-8-12(9-7-11)17(21)22)18-15(19)13-4-2-3-5-14(13)16(18)20/h2-10,21-22H,1H3/t10-/m1/s1. The first-order valence-electron chi connectivity index (χ1n) is 6.93. The highest BCUT2D eigenvalue weighted by Crippen LogP contribution is 2.30. The molecule has 0 radical (unpaired) electrons. The second kappa shape index (κ2) is 5.40. The van der Waals surface area contributed by atoms with E-state index in [1.165, 1.54) is 4.90 Å². The van der Waals surface area contributed by atoms with Gasteiger partial charge in [-0.25, -0.2) is 0 Å². The predicted octanol–water partition coefficient (Wildman–Crippen LogP) is 0.724. The van der Waals surface area contributed by atoms with Gasteiger partial charge >= 0.3 is 7.12 Å². The lowest BCUT2D eigenvalue weighted by atomic mass is 9.80. The zero-order valence-electron chi connectivity index (χ0n) is 11.9. The van der Waals surface area contributed by atoms with Crippen molar-refractivity contribution >= 4 is 24.4 Å². The number of carbonyl (C=O) groups excluding carboxylic acids is 2. The Morgan fingerprint density at radius 1 is 0.909 bits per heavy atom. The highest BCUT2D eigenvalue weighted by atomic mass is 16.4. The number of nitrogens with zero attached hydrogens (tertiary/aromatic N) is 1. The van der Waals surface area contributed by atoms with E-state index in [2.05, 4.69) is 0 Å². The van der Waals surface area contributed by atoms with Crippen molar-refractivity contribution in [2.24, 2.45) is 0 Å². The third-order valence-corrected chi connectivity index (χ3v) is 3.93. The molecule has 2 aromatic rings. The van der Waals surface area contributed by atoms with E-state index in [0.717, 1.165) is 5.56 Å². The smallest absolute Gasteiger partial charge is 0.423 e. The van der Waals surface area contributed by atoms with Crippen LogP contribution in [0.15, 0.2) is 48.5 Å². The minimum Gasteiger partial charge on any atom is -0.423 e. The second-order valence-corrected chi connectivity index (χ2v) is 5.24. The Kier molecular flexibility index (Phi) is 3.56. The summed E-state index contributed by atoms with van der Waals surface area (Å²) in [5, 5.41) is 18.2. The van der Waals surface area contributed by atoms with Gasteiger partial charge in [-0.05, 0) is 30.1 Å². The Morgan fingerprint density at radius 2 is 1.41 bits per heavy atom. The average molecular weight is 295 g/mol. The predicted molar refractivity (Wildman–Crippen MR) is 81.6 cm³/mol. The molecule has 0 saturated heterocycles. The van der Waals surface area contributed by atoms with E-state index in [9.17, 15) is 9.59 Å². The zero-order valence-corrected chi connectivity index (χ0v) is 11.9. The van der Waals surface area contributed by atoms with Gasteiger partial charge in [-0.3, -0.25) is 14.5 Å². The lowest BCUT2D eigenvalue weighted by molar-refractivity contribution is 0.0595. The zero-order chi connectivity index (χ0) is 15.9. The van der Waals surface area contributed by atoms with Gasteiger partial charge in [-0.15, -0.1) is 0 Å². The van der Waals surface area contributed by atoms with E-state index in [-0.39, 0.29) is 11.8 Å². The minimum absolute atomic E-state index is 0.306. The summed E-state index contributed by atoms with van der Waals surface area (Å²) in [4.78, 5) is 26.1. The monoisotopic (exact) mass is 295 g/mol. The van der Waals surface area contributed by atoms with E-state index in [4.69, 9.17) is 10.0 Å². The van der Waals surface area contributed by atoms with Crippen molar-refractivity contribution in [2.45, 2.75) is 13.0 Å². The molecule has 6 heteroatoms. The normalized spacial score (nSPS) is 15.0. The molecule has 2 N–H and O–H groups in total. The maximum atomic E-state index is 12.4. The van der Waals surface area contributed by atoms with E-state index in [0.29, 0.717) is 16.6 Å². The molecule has 3 rings (SSSR count). The number of benzene rings is 2. The lowest BCUT2D eigenvalue weighted by Gasteiger charge is -2.23. The van der Waals surface area contributed by atoms with Gasteiger partial charge in [0, 0.05) is 0 Å². The number of rotatable bonds is 3. The van der Waals surface area contributed by atoms with Gasteiger partial charge in [-0.2, -0.15) is 0 Å². The van der Waals surface area contributed by atoms with Crippen LogP contribution in [0.3, 0.4) is 0 Å². The molecule has 0 unspecified atom stereocenters. The van der Waals surface area contributed by atoms with Crippen molar-refractivity contribution in [1.29, 1.82) is 0 Å². The van der Waals surface area contributed by atoms with Crippen molar-refractivity contribution in [3.8, 4) is 0 Å². The first-order chi connectivity index (χ1) is 10.5. The first-order valence-corrected chi connectivity index (χ1v) is 6.93. The molecule has 0 bridgehead atoms. The van der Waals surface area contributed by atoms with Crippen LogP contribution >= 0.6 is 0 Å². The molecular weight excluding hydrogens is 281 g/mol. The number of fused-ring (bicyclic) bond motifs is 1. The van der Waals surface area contributed by atoms with Crippen LogP contribution in [0.25, 0.3) is 0 Å². The van der Waals surface area contributed by atoms with E-state index < -0.39 is 13.2 Å². The Hall–Kier alpha value is -2.44. The van der Waals surface area contributed by atoms with Crippen LogP contribution in [0, 0.1) is 0 Å². The summed E-state index contributed by atoms with van der Waals surface area (Å²) in [6.07, 6.45) is 0. The van der Waals surface area contributed by atoms with E-state index in [1.807, 2.05) is 0 Å². The topological polar surface area (TPSA) is 77.8 Å². The molecule has 0 aliphatic carbocycles. The van der Waals surface area contributed by atoms with Gasteiger partial charge in [0.1, 0.15) is 0 Å². The summed E-state index contributed by atoms with van der Waals surface area (Å²) in [5.74, 6) is -0.612. The summed E-state index contributed by atoms with van der Waals surface area (Å²) in [6, 6.07) is 12.8. The molecule has 1 aliphatic heterocycles. The summed E-state index contributed by atoms with van der Waals surface area (Å²) < 4.78 is 0. The molecule has 1 heterocycles. The summed E-state index contributed by atoms with van der Waals surface area (Å²) in [7, 11) is -1.54. The van der Waals surface area contributed by atoms with Gasteiger partial charge in [0.25, 0.3) is 11.8 Å². The molecule has 5 nitrogen and oxygen atoms in total. The second-order valence-electron chi connectivity index (χ2n) is 5.24. The Labute approximate surface area is 128 Å². The van der Waals surface area contributed by atoms with Gasteiger partial charge in [-0.1, -0.05) is 36.4 Å². The summed E-state index contributed by atoms with van der Waals surface area (Å²) >= 11 is 0. The third kappa shape index (κ3) is 2.22. The Morgan fingerprint density at radius 3 is 1.86 bits per heavy atom. The van der Waals surface area contributed by atoms with Crippen LogP contribution in [-0.2, 0) is 0 Å². The van der Waals surface area contributed by atoms with Crippen LogP contribution in [-0.4, -0.2) is 33.9 Å². The van der Waals surface area contributed by atoms with Crippen molar-refractivity contribution < 1.29 is 19.6 Å². The highest BCUT2D eigenvalue weighted by molar-refractivity contribution is 6.58. The molecule has 0 saturated carbocycles. The fraction of sp³-hybridized carbons (Fsp3) is 0.125. The number of carbonyl (C=O) groups is 2. The summed E-state index contributed by atoms with van der Waals surface area (Å²) in [6.45, 7) is 1.77. The largest absolute Gasteiger partial charge is 0.488 e. The molecule has 1 atom stereocenters. The molecule has 2 aromatic carbocycles. The maximum Gasteiger partial charge on any atom is 0.488 e. The van der Waals surface area contributed by atoms with Gasteiger partial charge < -0.3 is 10.0 Å². The number of imide groups is 1. The lowest BCUT2D eigenvalue weighted by Crippen LogP contribution is -2.33. The first kappa shape index (κ1) is 14.5.